The Bertz CT molecular complexity index is 761. The van der Waals surface area contributed by atoms with E-state index in [1.54, 1.807) is 32.0 Å². The van der Waals surface area contributed by atoms with E-state index in [1.165, 1.54) is 18.5 Å². The van der Waals surface area contributed by atoms with Crippen LogP contribution in [0, 0.1) is 18.0 Å². The van der Waals surface area contributed by atoms with Crippen molar-refractivity contribution in [3.8, 4) is 0 Å². The lowest BCUT2D eigenvalue weighted by Gasteiger charge is -2.20. The lowest BCUT2D eigenvalue weighted by molar-refractivity contribution is -0.620. The number of nitrogens with one attached hydrogen (secondary N) is 1. The first kappa shape index (κ1) is 18.4. The number of nitrogens with zero attached hydrogens (tertiary/aromatic N) is 2. The van der Waals surface area contributed by atoms with Crippen LogP contribution in [0.1, 0.15) is 35.6 Å². The van der Waals surface area contributed by atoms with E-state index >= 15 is 0 Å². The average Bonchev–Trinajstić information content (AvgIpc) is 2.58. The van der Waals surface area contributed by atoms with E-state index in [-0.39, 0.29) is 24.3 Å². The number of amides is 1. The van der Waals surface area contributed by atoms with Crippen LogP contribution in [0.4, 0.5) is 0 Å². The summed E-state index contributed by atoms with van der Waals surface area (Å²) in [6.07, 6.45) is 2.71. The minimum atomic E-state index is -0.822. The van der Waals surface area contributed by atoms with E-state index in [4.69, 9.17) is 4.74 Å². The Balaban J connectivity index is 2.03. The Kier molecular flexibility index (Phi) is 6.05. The van der Waals surface area contributed by atoms with Gasteiger partial charge in [0, 0.05) is 11.6 Å². The van der Waals surface area contributed by atoms with Gasteiger partial charge in [0.2, 0.25) is 0 Å². The minimum absolute atomic E-state index is 0.0726. The molecule has 1 aromatic heterocycles. The van der Waals surface area contributed by atoms with Gasteiger partial charge in [-0.1, -0.05) is 31.5 Å². The summed E-state index contributed by atoms with van der Waals surface area (Å²) < 4.78 is 5.69. The second-order valence-electron chi connectivity index (χ2n) is 6.03. The first-order valence-electron chi connectivity index (χ1n) is 7.95. The summed E-state index contributed by atoms with van der Waals surface area (Å²) in [5, 5.41) is 14.2. The number of esters is 1. The van der Waals surface area contributed by atoms with Crippen LogP contribution in [0.15, 0.2) is 42.7 Å². The molecule has 1 atom stereocenters. The Hall–Kier alpha value is -2.96. The number of benzene rings is 1. The molecule has 0 saturated heterocycles. The van der Waals surface area contributed by atoms with Gasteiger partial charge in [0.15, 0.2) is 6.61 Å². The topological polar surface area (TPSA) is 95.2 Å². The molecule has 0 spiro atoms. The highest BCUT2D eigenvalue weighted by atomic mass is 16.5. The van der Waals surface area contributed by atoms with E-state index in [1.807, 2.05) is 13.0 Å². The molecule has 0 saturated carbocycles. The van der Waals surface area contributed by atoms with Crippen molar-refractivity contribution in [1.82, 2.24) is 10.3 Å². The van der Waals surface area contributed by atoms with Gasteiger partial charge in [-0.25, -0.2) is 9.52 Å². The van der Waals surface area contributed by atoms with Crippen molar-refractivity contribution in [3.63, 3.8) is 0 Å². The number of ether oxygens (including phenoxy) is 1. The molecule has 1 aromatic carbocycles. The number of aryl methyl sites for hydroxylation is 1. The van der Waals surface area contributed by atoms with Crippen molar-refractivity contribution < 1.29 is 19.1 Å². The molecule has 2 rings (SSSR count). The van der Waals surface area contributed by atoms with Crippen molar-refractivity contribution in [2.24, 2.45) is 5.92 Å². The summed E-state index contributed by atoms with van der Waals surface area (Å²) in [5.41, 5.74) is 1.42. The smallest absolute Gasteiger partial charge is 0.339 e. The van der Waals surface area contributed by atoms with Crippen LogP contribution in [0.5, 0.6) is 0 Å². The maximum absolute atomic E-state index is 12.4. The third kappa shape index (κ3) is 5.00. The van der Waals surface area contributed by atoms with Crippen molar-refractivity contribution in [2.45, 2.75) is 33.4 Å². The molecule has 0 aliphatic rings. The van der Waals surface area contributed by atoms with E-state index in [0.717, 1.165) is 5.56 Å². The van der Waals surface area contributed by atoms with Crippen molar-refractivity contribution in [2.75, 3.05) is 0 Å². The Morgan fingerprint density at radius 1 is 1.32 bits per heavy atom. The van der Waals surface area contributed by atoms with Crippen molar-refractivity contribution in [1.29, 1.82) is 0 Å². The molecule has 7 nitrogen and oxygen atoms in total. The van der Waals surface area contributed by atoms with Gasteiger partial charge in [-0.15, -0.1) is 0 Å². The van der Waals surface area contributed by atoms with E-state index in [2.05, 4.69) is 10.3 Å². The fourth-order valence-electron chi connectivity index (χ4n) is 2.22. The van der Waals surface area contributed by atoms with Crippen LogP contribution in [-0.4, -0.2) is 22.9 Å². The lowest BCUT2D eigenvalue weighted by Crippen LogP contribution is -2.45. The minimum Gasteiger partial charge on any atom is -0.711 e. The van der Waals surface area contributed by atoms with Crippen LogP contribution in [0.3, 0.4) is 0 Å². The summed E-state index contributed by atoms with van der Waals surface area (Å²) in [5.74, 6) is -1.06. The molecular formula is C18H21N3O4. The molecule has 0 radical (unpaired) electrons. The number of rotatable bonds is 6. The van der Waals surface area contributed by atoms with Crippen LogP contribution in [-0.2, 0) is 16.1 Å². The standard InChI is InChI=1S/C18H21N3O4/c1-12(2)16(20-17(22)14-7-4-6-13(3)10-14)18(23)25-11-15-19-8-5-9-21(15)24/h4-10,12,16H,11H2,1-3H3,(H,20,22)/t16-/m0/s1. The van der Waals surface area contributed by atoms with Crippen molar-refractivity contribution in [3.05, 3.63) is 64.9 Å². The maximum Gasteiger partial charge on any atom is 0.339 e. The number of hydrogen-bond acceptors (Lipinski definition) is 5. The van der Waals surface area contributed by atoms with Gasteiger partial charge in [0.25, 0.3) is 5.91 Å². The van der Waals surface area contributed by atoms with Crippen LogP contribution < -0.4 is 10.0 Å². The molecular weight excluding hydrogens is 322 g/mol. The van der Waals surface area contributed by atoms with Crippen molar-refractivity contribution >= 4 is 11.9 Å². The SMILES string of the molecule is Cc1cccc(C(=O)N[C@H](C(=O)OCc2nccc[n+]2[O-])C(C)C)c1. The monoisotopic (exact) mass is 343 g/mol. The zero-order valence-corrected chi connectivity index (χ0v) is 14.4. The highest BCUT2D eigenvalue weighted by Crippen LogP contribution is 2.09. The van der Waals surface area contributed by atoms with Gasteiger partial charge < -0.3 is 15.3 Å². The van der Waals surface area contributed by atoms with Crippen LogP contribution in [0.2, 0.25) is 0 Å². The normalized spacial score (nSPS) is 11.8. The Morgan fingerprint density at radius 2 is 2.08 bits per heavy atom. The predicted molar refractivity (Wildman–Crippen MR) is 90.3 cm³/mol. The molecule has 0 aliphatic heterocycles. The molecule has 0 unspecified atom stereocenters. The first-order chi connectivity index (χ1) is 11.9. The molecule has 7 heteroatoms. The van der Waals surface area contributed by atoms with Gasteiger partial charge in [0.05, 0.1) is 6.20 Å². The summed E-state index contributed by atoms with van der Waals surface area (Å²) >= 11 is 0. The molecule has 0 fully saturated rings. The second-order valence-corrected chi connectivity index (χ2v) is 6.03. The average molecular weight is 343 g/mol. The fraction of sp³-hybridized carbons (Fsp3) is 0.333. The van der Waals surface area contributed by atoms with E-state index in [9.17, 15) is 14.8 Å². The third-order valence-electron chi connectivity index (χ3n) is 3.62. The molecule has 1 N–H and O–H groups in total. The summed E-state index contributed by atoms with van der Waals surface area (Å²) in [6, 6.07) is 7.75. The van der Waals surface area contributed by atoms with Gasteiger partial charge in [-0.2, -0.15) is 0 Å². The Morgan fingerprint density at radius 3 is 2.72 bits per heavy atom. The third-order valence-corrected chi connectivity index (χ3v) is 3.62. The number of carbonyl (C=O) groups excluding carboxylic acids is 2. The van der Waals surface area contributed by atoms with Gasteiger partial charge >= 0.3 is 11.8 Å². The molecule has 1 amide bonds. The summed E-state index contributed by atoms with van der Waals surface area (Å²) in [4.78, 5) is 28.5. The molecule has 25 heavy (non-hydrogen) atoms. The molecule has 0 aliphatic carbocycles. The zero-order chi connectivity index (χ0) is 18.4. The van der Waals surface area contributed by atoms with E-state index < -0.39 is 12.0 Å². The first-order valence-corrected chi connectivity index (χ1v) is 7.95. The van der Waals surface area contributed by atoms with Gasteiger partial charge in [0.1, 0.15) is 12.2 Å². The van der Waals surface area contributed by atoms with Crippen LogP contribution >= 0.6 is 0 Å². The Labute approximate surface area is 146 Å². The number of carbonyl (C=O) groups is 2. The largest absolute Gasteiger partial charge is 0.711 e. The second kappa shape index (κ2) is 8.23. The van der Waals surface area contributed by atoms with Crippen LogP contribution in [0.25, 0.3) is 0 Å². The molecule has 1 heterocycles. The molecule has 2 aromatic rings. The number of hydrogen-bond donors (Lipinski definition) is 1. The molecule has 132 valence electrons. The highest BCUT2D eigenvalue weighted by molar-refractivity contribution is 5.97. The maximum atomic E-state index is 12.4. The highest BCUT2D eigenvalue weighted by Gasteiger charge is 2.27. The summed E-state index contributed by atoms with van der Waals surface area (Å²) in [6.45, 7) is 5.23. The predicted octanol–water partition coefficient (Wildman–Crippen LogP) is 1.52. The molecule has 0 bridgehead atoms. The number of aromatic nitrogens is 2. The van der Waals surface area contributed by atoms with Gasteiger partial charge in [-0.3, -0.25) is 4.79 Å². The summed E-state index contributed by atoms with van der Waals surface area (Å²) in [7, 11) is 0. The lowest BCUT2D eigenvalue weighted by atomic mass is 10.0. The zero-order valence-electron chi connectivity index (χ0n) is 14.4. The van der Waals surface area contributed by atoms with E-state index in [0.29, 0.717) is 10.3 Å². The quantitative estimate of drug-likeness (QED) is 0.487. The fourth-order valence-corrected chi connectivity index (χ4v) is 2.22. The van der Waals surface area contributed by atoms with Gasteiger partial charge in [-0.05, 0) is 30.0 Å².